The van der Waals surface area contributed by atoms with Gasteiger partial charge in [0.15, 0.2) is 0 Å². The van der Waals surface area contributed by atoms with Gasteiger partial charge in [-0.25, -0.2) is 0 Å². The lowest BCUT2D eigenvalue weighted by Crippen LogP contribution is -2.71. The van der Waals surface area contributed by atoms with E-state index >= 15 is 0 Å². The third-order valence-corrected chi connectivity index (χ3v) is 5.30. The second kappa shape index (κ2) is 2.71. The highest BCUT2D eigenvalue weighted by Crippen LogP contribution is 2.77. The van der Waals surface area contributed by atoms with Crippen LogP contribution in [0.3, 0.4) is 0 Å². The summed E-state index contributed by atoms with van der Waals surface area (Å²) in [6.45, 7) is 0. The van der Waals surface area contributed by atoms with Crippen LogP contribution in [0.5, 0.6) is 0 Å². The molecular weight excluding hydrogens is 199 g/mol. The molecule has 1 aromatic carbocycles. The molecule has 0 bridgehead atoms. The Labute approximate surface area is 95.4 Å². The first-order valence-corrected chi connectivity index (χ1v) is 6.17. The molecule has 82 valence electrons. The van der Waals surface area contributed by atoms with Crippen molar-refractivity contribution < 1.29 is 10.0 Å². The fraction of sp³-hybridized carbons (Fsp3) is 0.538. The maximum atomic E-state index is 9.06. The summed E-state index contributed by atoms with van der Waals surface area (Å²) in [4.78, 5) is 0. The van der Waals surface area contributed by atoms with Crippen LogP contribution in [-0.4, -0.2) is 17.2 Å². The average Bonchev–Trinajstić information content (AvgIpc) is 2.28. The molecule has 0 aliphatic heterocycles. The molecule has 2 N–H and O–H groups in total. The topological polar surface area (TPSA) is 40.5 Å². The predicted octanol–water partition coefficient (Wildman–Crippen LogP) is 0.664. The zero-order valence-corrected chi connectivity index (χ0v) is 9.13. The Kier molecular flexibility index (Phi) is 1.57. The summed E-state index contributed by atoms with van der Waals surface area (Å²) >= 11 is 0. The zero-order chi connectivity index (χ0) is 10.9. The van der Waals surface area contributed by atoms with Gasteiger partial charge >= 0.3 is 7.12 Å². The minimum atomic E-state index is -1.33. The number of rotatable bonds is 2. The molecule has 4 rings (SSSR count). The lowest BCUT2D eigenvalue weighted by Gasteiger charge is -2.76. The quantitative estimate of drug-likeness (QED) is 0.710. The Morgan fingerprint density at radius 2 is 1.69 bits per heavy atom. The summed E-state index contributed by atoms with van der Waals surface area (Å²) in [5.41, 5.74) is 2.52. The van der Waals surface area contributed by atoms with E-state index < -0.39 is 7.12 Å². The van der Waals surface area contributed by atoms with Crippen LogP contribution in [0.25, 0.3) is 0 Å². The van der Waals surface area contributed by atoms with E-state index in [-0.39, 0.29) is 0 Å². The molecule has 3 unspecified atom stereocenters. The second-order valence-corrected chi connectivity index (χ2v) is 5.84. The summed E-state index contributed by atoms with van der Waals surface area (Å²) in [5.74, 6) is 3.00. The van der Waals surface area contributed by atoms with Crippen molar-refractivity contribution in [3.05, 3.63) is 29.8 Å². The van der Waals surface area contributed by atoms with E-state index in [4.69, 9.17) is 10.0 Å². The maximum absolute atomic E-state index is 9.06. The van der Waals surface area contributed by atoms with Crippen molar-refractivity contribution in [2.75, 3.05) is 0 Å². The Morgan fingerprint density at radius 1 is 1.06 bits per heavy atom. The van der Waals surface area contributed by atoms with Crippen molar-refractivity contribution in [2.45, 2.75) is 24.7 Å². The van der Waals surface area contributed by atoms with Crippen molar-refractivity contribution in [1.82, 2.24) is 0 Å². The van der Waals surface area contributed by atoms with E-state index in [0.29, 0.717) is 10.9 Å². The molecule has 3 saturated carbocycles. The molecule has 3 aliphatic carbocycles. The Balaban J connectivity index is 1.64. The molecule has 1 aromatic rings. The summed E-state index contributed by atoms with van der Waals surface area (Å²) in [7, 11) is -1.33. The standard InChI is InChI=1S/C13H15BO2/c15-14(16)11-3-1-10(2-4-11)13-6-8-5-9(7-13)12(8)13/h1-4,8-9,12,15-16H,5-7H2/t8-,9?,12?,13?/m1/s1. The smallest absolute Gasteiger partial charge is 0.423 e. The molecule has 3 fully saturated rings. The zero-order valence-electron chi connectivity index (χ0n) is 9.13. The number of hydrogen-bond acceptors (Lipinski definition) is 2. The van der Waals surface area contributed by atoms with Gasteiger partial charge in [-0.1, -0.05) is 24.3 Å². The molecule has 16 heavy (non-hydrogen) atoms. The van der Waals surface area contributed by atoms with Gasteiger partial charge in [-0.15, -0.1) is 0 Å². The van der Waals surface area contributed by atoms with Crippen molar-refractivity contribution in [3.8, 4) is 0 Å². The van der Waals surface area contributed by atoms with Crippen LogP contribution in [0.15, 0.2) is 24.3 Å². The molecule has 0 spiro atoms. The lowest BCUT2D eigenvalue weighted by molar-refractivity contribution is -0.219. The summed E-state index contributed by atoms with van der Waals surface area (Å²) in [6, 6.07) is 7.90. The fourth-order valence-corrected chi connectivity index (χ4v) is 4.58. The average molecular weight is 214 g/mol. The van der Waals surface area contributed by atoms with Gasteiger partial charge in [0.1, 0.15) is 0 Å². The van der Waals surface area contributed by atoms with Crippen LogP contribution < -0.4 is 5.46 Å². The molecular formula is C13H15BO2. The van der Waals surface area contributed by atoms with E-state index in [0.717, 1.165) is 17.8 Å². The van der Waals surface area contributed by atoms with Crippen molar-refractivity contribution in [2.24, 2.45) is 17.8 Å². The Bertz CT molecular complexity index is 428. The molecule has 0 heterocycles. The third kappa shape index (κ3) is 0.883. The van der Waals surface area contributed by atoms with Crippen molar-refractivity contribution in [1.29, 1.82) is 0 Å². The van der Waals surface area contributed by atoms with Crippen LogP contribution in [0.2, 0.25) is 0 Å². The molecule has 2 nitrogen and oxygen atoms in total. The van der Waals surface area contributed by atoms with Crippen LogP contribution in [-0.2, 0) is 5.41 Å². The first-order valence-electron chi connectivity index (χ1n) is 6.17. The van der Waals surface area contributed by atoms with Gasteiger partial charge in [0.2, 0.25) is 0 Å². The molecule has 3 heteroatoms. The lowest BCUT2D eigenvalue weighted by atomic mass is 9.28. The summed E-state index contributed by atoms with van der Waals surface area (Å²) < 4.78 is 0. The molecule has 4 atom stereocenters. The summed E-state index contributed by atoms with van der Waals surface area (Å²) in [5, 5.41) is 18.1. The summed E-state index contributed by atoms with van der Waals surface area (Å²) in [6.07, 6.45) is 4.21. The van der Waals surface area contributed by atoms with E-state index in [1.807, 2.05) is 12.1 Å². The van der Waals surface area contributed by atoms with Gasteiger partial charge in [0.25, 0.3) is 0 Å². The molecule has 0 aromatic heterocycles. The van der Waals surface area contributed by atoms with Gasteiger partial charge in [-0.05, 0) is 53.5 Å². The van der Waals surface area contributed by atoms with Gasteiger partial charge < -0.3 is 10.0 Å². The van der Waals surface area contributed by atoms with E-state index in [1.165, 1.54) is 24.8 Å². The number of benzene rings is 1. The van der Waals surface area contributed by atoms with Crippen LogP contribution in [0.1, 0.15) is 24.8 Å². The highest BCUT2D eigenvalue weighted by molar-refractivity contribution is 6.58. The van der Waals surface area contributed by atoms with Gasteiger partial charge in [-0.3, -0.25) is 0 Å². The van der Waals surface area contributed by atoms with Crippen LogP contribution in [0.4, 0.5) is 0 Å². The van der Waals surface area contributed by atoms with Crippen molar-refractivity contribution >= 4 is 12.6 Å². The van der Waals surface area contributed by atoms with Crippen LogP contribution in [0, 0.1) is 17.8 Å². The first-order chi connectivity index (χ1) is 7.71. The van der Waals surface area contributed by atoms with Gasteiger partial charge in [0.05, 0.1) is 0 Å². The largest absolute Gasteiger partial charge is 0.488 e. The molecule has 0 radical (unpaired) electrons. The highest BCUT2D eigenvalue weighted by atomic mass is 16.4. The Morgan fingerprint density at radius 3 is 2.12 bits per heavy atom. The highest BCUT2D eigenvalue weighted by Gasteiger charge is 2.71. The molecule has 3 aliphatic rings. The maximum Gasteiger partial charge on any atom is 0.488 e. The monoisotopic (exact) mass is 214 g/mol. The van der Waals surface area contributed by atoms with E-state index in [2.05, 4.69) is 12.1 Å². The molecule has 0 saturated heterocycles. The minimum absolute atomic E-state index is 0.493. The normalized spacial score (nSPS) is 42.5. The Hall–Kier alpha value is -0.795. The SMILES string of the molecule is OB(O)c1ccc(C23CC4C[C@H](C2)C43)cc1. The van der Waals surface area contributed by atoms with E-state index in [9.17, 15) is 0 Å². The third-order valence-electron chi connectivity index (χ3n) is 5.30. The number of hydrogen-bond donors (Lipinski definition) is 2. The van der Waals surface area contributed by atoms with Crippen LogP contribution >= 0.6 is 0 Å². The molecule has 0 amide bonds. The fourth-order valence-electron chi connectivity index (χ4n) is 4.58. The second-order valence-electron chi connectivity index (χ2n) is 5.84. The van der Waals surface area contributed by atoms with Gasteiger partial charge in [-0.2, -0.15) is 0 Å². The minimum Gasteiger partial charge on any atom is -0.423 e. The predicted molar refractivity (Wildman–Crippen MR) is 62.3 cm³/mol. The van der Waals surface area contributed by atoms with Gasteiger partial charge in [0, 0.05) is 0 Å². The van der Waals surface area contributed by atoms with Crippen molar-refractivity contribution in [3.63, 3.8) is 0 Å². The first kappa shape index (κ1) is 9.26. The van der Waals surface area contributed by atoms with E-state index in [1.54, 1.807) is 0 Å².